The quantitative estimate of drug-likeness (QED) is 0.723. The van der Waals surface area contributed by atoms with Crippen molar-refractivity contribution in [2.24, 2.45) is 0 Å². The fraction of sp³-hybridized carbons (Fsp3) is 0.0556. The van der Waals surface area contributed by atoms with Crippen LogP contribution in [-0.4, -0.2) is 15.6 Å². The second kappa shape index (κ2) is 5.41. The Morgan fingerprint density at radius 2 is 1.68 bits per heavy atom. The molecular weight excluding hydrogens is 276 g/mol. The molecule has 0 amide bonds. The molecule has 0 saturated carbocycles. The lowest BCUT2D eigenvalue weighted by Crippen LogP contribution is -2.03. The summed E-state index contributed by atoms with van der Waals surface area (Å²) in [6, 6.07) is 18.6. The monoisotopic (exact) mass is 292 g/mol. The fourth-order valence-corrected chi connectivity index (χ4v) is 2.64. The Balaban J connectivity index is 2.30. The van der Waals surface area contributed by atoms with Crippen molar-refractivity contribution in [2.45, 2.75) is 6.92 Å². The standard InChI is InChI=1S/C18H16N2O2/c1-12-11-16(18(21)22)17(13-5-3-2-4-6-13)20(12)15-9-7-14(19)8-10-15/h2-11H,19H2,1H3,(H,21,22). The van der Waals surface area contributed by atoms with Crippen molar-refractivity contribution >= 4 is 11.7 Å². The number of carboxylic acid groups (broad SMARTS) is 1. The molecule has 3 N–H and O–H groups in total. The van der Waals surface area contributed by atoms with Gasteiger partial charge in [0.05, 0.1) is 11.3 Å². The van der Waals surface area contributed by atoms with E-state index in [4.69, 9.17) is 5.73 Å². The first-order valence-corrected chi connectivity index (χ1v) is 6.95. The number of rotatable bonds is 3. The van der Waals surface area contributed by atoms with Crippen molar-refractivity contribution in [2.75, 3.05) is 5.73 Å². The van der Waals surface area contributed by atoms with Crippen LogP contribution in [0.5, 0.6) is 0 Å². The first-order valence-electron chi connectivity index (χ1n) is 6.95. The lowest BCUT2D eigenvalue weighted by Gasteiger charge is -2.13. The number of aromatic carboxylic acids is 1. The Kier molecular flexibility index (Phi) is 3.43. The minimum atomic E-state index is -0.934. The number of benzene rings is 2. The summed E-state index contributed by atoms with van der Waals surface area (Å²) < 4.78 is 1.94. The number of hydrogen-bond acceptors (Lipinski definition) is 2. The average molecular weight is 292 g/mol. The van der Waals surface area contributed by atoms with E-state index in [0.29, 0.717) is 16.9 Å². The molecule has 2 aromatic carbocycles. The summed E-state index contributed by atoms with van der Waals surface area (Å²) in [7, 11) is 0. The van der Waals surface area contributed by atoms with Crippen LogP contribution in [0.15, 0.2) is 60.7 Å². The summed E-state index contributed by atoms with van der Waals surface area (Å²) in [5.41, 5.74) is 10.00. The van der Waals surface area contributed by atoms with Gasteiger partial charge >= 0.3 is 5.97 Å². The van der Waals surface area contributed by atoms with Crippen LogP contribution >= 0.6 is 0 Å². The zero-order valence-corrected chi connectivity index (χ0v) is 12.2. The van der Waals surface area contributed by atoms with Crippen LogP contribution in [0.1, 0.15) is 16.1 Å². The molecule has 0 atom stereocenters. The van der Waals surface area contributed by atoms with Crippen molar-refractivity contribution in [3.05, 3.63) is 71.9 Å². The number of hydrogen-bond donors (Lipinski definition) is 2. The highest BCUT2D eigenvalue weighted by molar-refractivity contribution is 5.96. The van der Waals surface area contributed by atoms with Crippen molar-refractivity contribution < 1.29 is 9.90 Å². The summed E-state index contributed by atoms with van der Waals surface area (Å²) in [5, 5.41) is 9.52. The van der Waals surface area contributed by atoms with Crippen molar-refractivity contribution in [1.29, 1.82) is 0 Å². The first kappa shape index (κ1) is 13.9. The lowest BCUT2D eigenvalue weighted by atomic mass is 10.1. The largest absolute Gasteiger partial charge is 0.478 e. The van der Waals surface area contributed by atoms with Crippen molar-refractivity contribution in [1.82, 2.24) is 4.57 Å². The highest BCUT2D eigenvalue weighted by Crippen LogP contribution is 2.31. The Morgan fingerprint density at radius 1 is 1.05 bits per heavy atom. The predicted octanol–water partition coefficient (Wildman–Crippen LogP) is 3.73. The summed E-state index contributed by atoms with van der Waals surface area (Å²) in [5.74, 6) is -0.934. The molecule has 4 nitrogen and oxygen atoms in total. The van der Waals surface area contributed by atoms with Crippen LogP contribution in [0.25, 0.3) is 16.9 Å². The molecule has 0 saturated heterocycles. The van der Waals surface area contributed by atoms with Gasteiger partial charge in [0.15, 0.2) is 0 Å². The molecule has 1 heterocycles. The van der Waals surface area contributed by atoms with E-state index in [0.717, 1.165) is 16.9 Å². The number of carbonyl (C=O) groups is 1. The van der Waals surface area contributed by atoms with E-state index in [2.05, 4.69) is 0 Å². The third-order valence-electron chi connectivity index (χ3n) is 3.61. The van der Waals surface area contributed by atoms with Gasteiger partial charge in [-0.05, 0) is 42.8 Å². The Bertz CT molecular complexity index is 818. The molecule has 0 aliphatic carbocycles. The number of aryl methyl sites for hydroxylation is 1. The summed E-state index contributed by atoms with van der Waals surface area (Å²) in [6.07, 6.45) is 0. The molecule has 3 rings (SSSR count). The third kappa shape index (κ3) is 2.35. The van der Waals surface area contributed by atoms with Crippen LogP contribution < -0.4 is 5.73 Å². The number of nitrogen functional groups attached to an aromatic ring is 1. The van der Waals surface area contributed by atoms with E-state index in [1.807, 2.05) is 66.1 Å². The number of nitrogens with two attached hydrogens (primary N) is 1. The molecule has 0 fully saturated rings. The summed E-state index contributed by atoms with van der Waals surface area (Å²) in [6.45, 7) is 1.90. The number of nitrogens with zero attached hydrogens (tertiary/aromatic N) is 1. The van der Waals surface area contributed by atoms with Gasteiger partial charge in [-0.15, -0.1) is 0 Å². The first-order chi connectivity index (χ1) is 10.6. The Labute approximate surface area is 128 Å². The minimum absolute atomic E-state index is 0.292. The highest BCUT2D eigenvalue weighted by atomic mass is 16.4. The second-order valence-corrected chi connectivity index (χ2v) is 5.15. The predicted molar refractivity (Wildman–Crippen MR) is 87.3 cm³/mol. The molecule has 1 aromatic heterocycles. The molecule has 0 spiro atoms. The molecule has 4 heteroatoms. The molecule has 3 aromatic rings. The van der Waals surface area contributed by atoms with Gasteiger partial charge in [-0.25, -0.2) is 4.79 Å². The Hall–Kier alpha value is -3.01. The molecule has 0 aliphatic heterocycles. The van der Waals surface area contributed by atoms with E-state index < -0.39 is 5.97 Å². The van der Waals surface area contributed by atoms with Crippen molar-refractivity contribution in [3.8, 4) is 16.9 Å². The van der Waals surface area contributed by atoms with Gasteiger partial charge in [-0.2, -0.15) is 0 Å². The van der Waals surface area contributed by atoms with Gasteiger partial charge in [0.25, 0.3) is 0 Å². The molecule has 0 radical (unpaired) electrons. The van der Waals surface area contributed by atoms with Gasteiger partial charge in [-0.1, -0.05) is 30.3 Å². The molecule has 0 unspecified atom stereocenters. The van der Waals surface area contributed by atoms with E-state index in [1.54, 1.807) is 6.07 Å². The summed E-state index contributed by atoms with van der Waals surface area (Å²) >= 11 is 0. The SMILES string of the molecule is Cc1cc(C(=O)O)c(-c2ccccc2)n1-c1ccc(N)cc1. The van der Waals surface area contributed by atoms with Crippen LogP contribution in [-0.2, 0) is 0 Å². The molecule has 22 heavy (non-hydrogen) atoms. The van der Waals surface area contributed by atoms with Crippen LogP contribution in [0, 0.1) is 6.92 Å². The van der Waals surface area contributed by atoms with E-state index in [-0.39, 0.29) is 0 Å². The van der Waals surface area contributed by atoms with Crippen molar-refractivity contribution in [3.63, 3.8) is 0 Å². The van der Waals surface area contributed by atoms with Crippen LogP contribution in [0.4, 0.5) is 5.69 Å². The van der Waals surface area contributed by atoms with E-state index >= 15 is 0 Å². The topological polar surface area (TPSA) is 68.2 Å². The maximum Gasteiger partial charge on any atom is 0.337 e. The minimum Gasteiger partial charge on any atom is -0.478 e. The fourth-order valence-electron chi connectivity index (χ4n) is 2.64. The smallest absolute Gasteiger partial charge is 0.337 e. The zero-order valence-electron chi connectivity index (χ0n) is 12.2. The molecular formula is C18H16N2O2. The average Bonchev–Trinajstić information content (AvgIpc) is 2.87. The van der Waals surface area contributed by atoms with Gasteiger partial charge in [0.1, 0.15) is 0 Å². The number of anilines is 1. The third-order valence-corrected chi connectivity index (χ3v) is 3.61. The normalized spacial score (nSPS) is 10.6. The lowest BCUT2D eigenvalue weighted by molar-refractivity contribution is 0.0698. The maximum absolute atomic E-state index is 11.6. The molecule has 110 valence electrons. The zero-order chi connectivity index (χ0) is 15.7. The van der Waals surface area contributed by atoms with Gasteiger partial charge in [0, 0.05) is 17.1 Å². The number of aromatic nitrogens is 1. The second-order valence-electron chi connectivity index (χ2n) is 5.15. The van der Waals surface area contributed by atoms with E-state index in [1.165, 1.54) is 0 Å². The van der Waals surface area contributed by atoms with E-state index in [9.17, 15) is 9.90 Å². The van der Waals surface area contributed by atoms with Gasteiger partial charge < -0.3 is 15.4 Å². The maximum atomic E-state index is 11.6. The molecule has 0 aliphatic rings. The molecule has 0 bridgehead atoms. The number of carboxylic acids is 1. The Morgan fingerprint density at radius 3 is 2.27 bits per heavy atom. The summed E-state index contributed by atoms with van der Waals surface area (Å²) in [4.78, 5) is 11.6. The highest BCUT2D eigenvalue weighted by Gasteiger charge is 2.20. The van der Waals surface area contributed by atoms with Crippen LogP contribution in [0.2, 0.25) is 0 Å². The van der Waals surface area contributed by atoms with Crippen LogP contribution in [0.3, 0.4) is 0 Å². The van der Waals surface area contributed by atoms with Gasteiger partial charge in [0.2, 0.25) is 0 Å². The van der Waals surface area contributed by atoms with Gasteiger partial charge in [-0.3, -0.25) is 0 Å².